The standard InChI is InChI=1S/C34H29F18N6PS3/c1-59(5-2-53-26(60)56-23-11-17(29(35,36)37)8-18(12-23)30(38,39)40,6-3-54-27(61)57-24-13-19(31(41,42)43)9-20(14-24)32(44,45)46)7-4-55-28(62)58-25-15-21(33(47,48)49)10-22(16-25)34(50,51)52/h8-16H,2-7H2,1H3,(H5-,53,54,55,56,57,58,60,61,62)/p+1. The van der Waals surface area contributed by atoms with Crippen molar-refractivity contribution in [3.8, 4) is 0 Å². The molecule has 0 aromatic heterocycles. The van der Waals surface area contributed by atoms with E-state index in [1.807, 2.05) is 0 Å². The lowest BCUT2D eigenvalue weighted by Gasteiger charge is -2.25. The summed E-state index contributed by atoms with van der Waals surface area (Å²) >= 11 is 15.2. The molecule has 28 heteroatoms. The molecular formula is C34H30F18N6PS3+. The zero-order chi connectivity index (χ0) is 47.3. The third kappa shape index (κ3) is 16.5. The van der Waals surface area contributed by atoms with Crippen molar-refractivity contribution in [1.82, 2.24) is 16.0 Å². The lowest BCUT2D eigenvalue weighted by molar-refractivity contribution is -0.144. The zero-order valence-electron chi connectivity index (χ0n) is 30.9. The summed E-state index contributed by atoms with van der Waals surface area (Å²) in [5, 5.41) is 13.4. The van der Waals surface area contributed by atoms with Gasteiger partial charge in [-0.25, -0.2) is 0 Å². The number of thiocarbonyl (C=S) groups is 3. The quantitative estimate of drug-likeness (QED) is 0.0605. The first kappa shape index (κ1) is 52.2. The van der Waals surface area contributed by atoms with Crippen molar-refractivity contribution in [1.29, 1.82) is 0 Å². The molecule has 344 valence electrons. The van der Waals surface area contributed by atoms with Crippen LogP contribution in [0.5, 0.6) is 0 Å². The van der Waals surface area contributed by atoms with Crippen molar-refractivity contribution < 1.29 is 79.0 Å². The number of benzene rings is 3. The third-order valence-corrected chi connectivity index (χ3v) is 13.0. The van der Waals surface area contributed by atoms with Gasteiger partial charge in [0.25, 0.3) is 0 Å². The Bertz CT molecular complexity index is 1750. The van der Waals surface area contributed by atoms with Gasteiger partial charge in [0.2, 0.25) is 0 Å². The first-order chi connectivity index (χ1) is 28.0. The zero-order valence-corrected chi connectivity index (χ0v) is 34.3. The number of halogens is 18. The van der Waals surface area contributed by atoms with Gasteiger partial charge in [-0.2, -0.15) is 79.0 Å². The van der Waals surface area contributed by atoms with Crippen LogP contribution >= 0.6 is 43.9 Å². The molecule has 0 amide bonds. The van der Waals surface area contributed by atoms with Gasteiger partial charge in [-0.1, -0.05) is 0 Å². The number of hydrogen-bond donors (Lipinski definition) is 6. The highest BCUT2D eigenvalue weighted by atomic mass is 32.1. The third-order valence-electron chi connectivity index (χ3n) is 8.35. The van der Waals surface area contributed by atoms with Gasteiger partial charge >= 0.3 is 37.1 Å². The second-order valence-corrected chi connectivity index (χ2v) is 19.1. The number of anilines is 3. The molecule has 0 radical (unpaired) electrons. The molecule has 0 unspecified atom stereocenters. The molecule has 3 rings (SSSR count). The highest BCUT2D eigenvalue weighted by molar-refractivity contribution is 7.81. The van der Waals surface area contributed by atoms with Crippen LogP contribution in [0.25, 0.3) is 0 Å². The number of nitrogens with one attached hydrogen (secondary N) is 6. The number of hydrogen-bond acceptors (Lipinski definition) is 3. The minimum atomic E-state index is -5.16. The van der Waals surface area contributed by atoms with E-state index >= 15 is 0 Å². The second kappa shape index (κ2) is 19.7. The summed E-state index contributed by atoms with van der Waals surface area (Å²) in [5.41, 5.74) is -11.7. The highest BCUT2D eigenvalue weighted by Crippen LogP contribution is 2.53. The predicted octanol–water partition coefficient (Wildman–Crippen LogP) is 11.7. The fourth-order valence-corrected chi connectivity index (χ4v) is 8.55. The average molecular weight is 992 g/mol. The van der Waals surface area contributed by atoms with Crippen LogP contribution in [-0.2, 0) is 37.1 Å². The minimum absolute atomic E-state index is 0.0957. The van der Waals surface area contributed by atoms with Gasteiger partial charge in [-0.3, -0.25) is 0 Å². The summed E-state index contributed by atoms with van der Waals surface area (Å²) in [6, 6.07) is 2.03. The Morgan fingerprint density at radius 3 is 0.710 bits per heavy atom. The molecule has 3 aromatic rings. The Morgan fingerprint density at radius 1 is 0.371 bits per heavy atom. The Morgan fingerprint density at radius 2 is 0.548 bits per heavy atom. The molecule has 3 aromatic carbocycles. The molecule has 0 aliphatic rings. The normalized spacial score (nSPS) is 13.0. The van der Waals surface area contributed by atoms with E-state index in [2.05, 4.69) is 31.9 Å². The molecule has 6 nitrogen and oxygen atoms in total. The summed E-state index contributed by atoms with van der Waals surface area (Å²) in [7, 11) is -2.41. The van der Waals surface area contributed by atoms with Gasteiger partial charge in [0.05, 0.1) is 71.5 Å². The van der Waals surface area contributed by atoms with Crippen LogP contribution in [-0.4, -0.2) is 60.1 Å². The maximum atomic E-state index is 13.3. The summed E-state index contributed by atoms with van der Waals surface area (Å²) in [6.07, 6.45) is -30.5. The van der Waals surface area contributed by atoms with E-state index in [0.29, 0.717) is 36.4 Å². The first-order valence-corrected chi connectivity index (χ1v) is 20.9. The number of alkyl halides is 18. The molecule has 62 heavy (non-hydrogen) atoms. The Labute approximate surface area is 356 Å². The summed E-state index contributed by atoms with van der Waals surface area (Å²) in [5.74, 6) is 0. The SMILES string of the molecule is C[P+](CCNC(=S)Nc1cc(C(F)(F)F)cc(C(F)(F)F)c1)(CCNC(=S)Nc1cc(C(F)(F)F)cc(C(F)(F)F)c1)CCNC(=S)Nc1cc(C(F)(F)F)cc(C(F)(F)F)c1. The molecule has 6 N–H and O–H groups in total. The Balaban J connectivity index is 1.76. The van der Waals surface area contributed by atoms with Crippen molar-refractivity contribution in [3.05, 3.63) is 88.0 Å². The maximum Gasteiger partial charge on any atom is 0.416 e. The number of rotatable bonds is 12. The van der Waals surface area contributed by atoms with Crippen molar-refractivity contribution in [2.45, 2.75) is 37.1 Å². The fraction of sp³-hybridized carbons (Fsp3) is 0.382. The van der Waals surface area contributed by atoms with Crippen molar-refractivity contribution in [3.63, 3.8) is 0 Å². The first-order valence-electron chi connectivity index (χ1n) is 16.9. The molecule has 0 spiro atoms. The fourth-order valence-electron chi connectivity index (χ4n) is 5.26. The van der Waals surface area contributed by atoms with E-state index in [1.54, 1.807) is 6.66 Å². The lowest BCUT2D eigenvalue weighted by atomic mass is 10.1. The van der Waals surface area contributed by atoms with Gasteiger partial charge in [-0.05, 0) is 91.3 Å². The van der Waals surface area contributed by atoms with E-state index in [4.69, 9.17) is 36.7 Å². The molecular weight excluding hydrogens is 962 g/mol. The monoisotopic (exact) mass is 991 g/mol. The topological polar surface area (TPSA) is 72.2 Å². The van der Waals surface area contributed by atoms with Crippen LogP contribution < -0.4 is 31.9 Å². The Hall–Kier alpha value is -4.10. The van der Waals surface area contributed by atoms with E-state index < -0.39 is 110 Å². The highest BCUT2D eigenvalue weighted by Gasteiger charge is 2.40. The van der Waals surface area contributed by atoms with E-state index in [9.17, 15) is 79.0 Å². The molecule has 0 fully saturated rings. The van der Waals surface area contributed by atoms with Crippen LogP contribution in [0, 0.1) is 0 Å². The maximum absolute atomic E-state index is 13.3. The largest absolute Gasteiger partial charge is 0.416 e. The van der Waals surface area contributed by atoms with Gasteiger partial charge in [-0.15, -0.1) is 0 Å². The summed E-state index contributed by atoms with van der Waals surface area (Å²) in [6.45, 7) is 1.43. The van der Waals surface area contributed by atoms with Crippen molar-refractivity contribution in [2.75, 3.05) is 60.7 Å². The molecule has 0 atom stereocenters. The summed E-state index contributed by atoms with van der Waals surface area (Å²) < 4.78 is 240. The molecule has 0 bridgehead atoms. The van der Waals surface area contributed by atoms with Crippen LogP contribution in [0.1, 0.15) is 33.4 Å². The molecule has 0 heterocycles. The van der Waals surface area contributed by atoms with Crippen molar-refractivity contribution >= 4 is 76.3 Å². The van der Waals surface area contributed by atoms with Gasteiger partial charge in [0.1, 0.15) is 0 Å². The molecule has 0 aliphatic carbocycles. The van der Waals surface area contributed by atoms with Gasteiger partial charge < -0.3 is 31.9 Å². The Kier molecular flexibility index (Phi) is 16.6. The van der Waals surface area contributed by atoms with Crippen LogP contribution in [0.2, 0.25) is 0 Å². The second-order valence-electron chi connectivity index (χ2n) is 13.3. The average Bonchev–Trinajstić information content (AvgIpc) is 3.09. The summed E-state index contributed by atoms with van der Waals surface area (Å²) in [4.78, 5) is 0. The minimum Gasteiger partial charge on any atom is -0.359 e. The van der Waals surface area contributed by atoms with E-state index in [1.165, 1.54) is 0 Å². The van der Waals surface area contributed by atoms with Crippen LogP contribution in [0.3, 0.4) is 0 Å². The molecule has 0 saturated carbocycles. The van der Waals surface area contributed by atoms with Gasteiger partial charge in [0.15, 0.2) is 15.3 Å². The van der Waals surface area contributed by atoms with E-state index in [-0.39, 0.29) is 56.3 Å². The van der Waals surface area contributed by atoms with Crippen LogP contribution in [0.4, 0.5) is 96.1 Å². The lowest BCUT2D eigenvalue weighted by Crippen LogP contribution is -2.36. The predicted molar refractivity (Wildman–Crippen MR) is 209 cm³/mol. The van der Waals surface area contributed by atoms with Crippen molar-refractivity contribution in [2.24, 2.45) is 0 Å². The smallest absolute Gasteiger partial charge is 0.359 e. The van der Waals surface area contributed by atoms with E-state index in [0.717, 1.165) is 0 Å². The van der Waals surface area contributed by atoms with Crippen LogP contribution in [0.15, 0.2) is 54.6 Å². The molecule has 0 saturated heterocycles. The molecule has 0 aliphatic heterocycles. The van der Waals surface area contributed by atoms with Gasteiger partial charge in [0, 0.05) is 31.0 Å².